The van der Waals surface area contributed by atoms with E-state index in [1.165, 1.54) is 13.2 Å². The van der Waals surface area contributed by atoms with E-state index in [2.05, 4.69) is 5.32 Å². The second-order valence-electron chi connectivity index (χ2n) is 6.74. The lowest BCUT2D eigenvalue weighted by Crippen LogP contribution is -2.32. The molecule has 0 aliphatic carbocycles. The largest absolute Gasteiger partial charge is 0.495 e. The average Bonchev–Trinajstić information content (AvgIpc) is 3.04. The van der Waals surface area contributed by atoms with Gasteiger partial charge in [-0.1, -0.05) is 35.3 Å². The van der Waals surface area contributed by atoms with Gasteiger partial charge in [0.25, 0.3) is 5.91 Å². The molecule has 0 bridgehead atoms. The summed E-state index contributed by atoms with van der Waals surface area (Å²) in [7, 11) is 3.25. The van der Waals surface area contributed by atoms with Gasteiger partial charge in [0.05, 0.1) is 36.7 Å². The number of aliphatic hydroxyl groups excluding tert-OH is 1. The number of carboxylic acid groups (broad SMARTS) is 1. The molecular weight excluding hydrogens is 431 g/mol. The molecule has 0 fully saturated rings. The number of benzene rings is 2. The van der Waals surface area contributed by atoms with E-state index in [-0.39, 0.29) is 18.1 Å². The normalized spacial score (nSPS) is 12.0. The van der Waals surface area contributed by atoms with Gasteiger partial charge in [-0.25, -0.2) is 0 Å². The van der Waals surface area contributed by atoms with Crippen molar-refractivity contribution in [2.45, 2.75) is 12.5 Å². The molecule has 3 N–H and O–H groups in total. The Morgan fingerprint density at radius 2 is 1.93 bits per heavy atom. The molecule has 0 aliphatic heterocycles. The van der Waals surface area contributed by atoms with Crippen LogP contribution in [-0.2, 0) is 18.3 Å². The third kappa shape index (κ3) is 4.23. The van der Waals surface area contributed by atoms with Gasteiger partial charge in [0.15, 0.2) is 0 Å². The molecule has 3 aromatic rings. The van der Waals surface area contributed by atoms with Gasteiger partial charge >= 0.3 is 5.97 Å². The number of nitrogens with zero attached hydrogens (tertiary/aromatic N) is 1. The molecule has 1 amide bonds. The van der Waals surface area contributed by atoms with Gasteiger partial charge in [0.1, 0.15) is 11.4 Å². The number of rotatable bonds is 7. The van der Waals surface area contributed by atoms with E-state index in [1.54, 1.807) is 41.9 Å². The predicted molar refractivity (Wildman–Crippen MR) is 115 cm³/mol. The third-order valence-corrected chi connectivity index (χ3v) is 5.58. The molecule has 30 heavy (non-hydrogen) atoms. The van der Waals surface area contributed by atoms with Crippen molar-refractivity contribution >= 4 is 46.0 Å². The molecule has 1 aromatic heterocycles. The molecule has 9 heteroatoms. The zero-order valence-corrected chi connectivity index (χ0v) is 17.8. The lowest BCUT2D eigenvalue weighted by Gasteiger charge is -2.19. The van der Waals surface area contributed by atoms with Crippen LogP contribution in [0, 0.1) is 0 Å². The Balaban J connectivity index is 1.90. The molecular formula is C21H20Cl2N2O5. The number of carbonyl (C=O) groups is 2. The molecule has 1 heterocycles. The fourth-order valence-electron chi connectivity index (χ4n) is 3.32. The summed E-state index contributed by atoms with van der Waals surface area (Å²) in [4.78, 5) is 23.8. The van der Waals surface area contributed by atoms with Gasteiger partial charge in [-0.3, -0.25) is 9.59 Å². The Hall–Kier alpha value is -2.74. The first kappa shape index (κ1) is 22.0. The third-order valence-electron chi connectivity index (χ3n) is 4.86. The molecule has 0 spiro atoms. The van der Waals surface area contributed by atoms with Gasteiger partial charge in [0.2, 0.25) is 0 Å². The average molecular weight is 451 g/mol. The Morgan fingerprint density at radius 1 is 1.20 bits per heavy atom. The van der Waals surface area contributed by atoms with Crippen LogP contribution >= 0.6 is 23.2 Å². The number of aromatic nitrogens is 1. The predicted octanol–water partition coefficient (Wildman–Crippen LogP) is 3.58. The summed E-state index contributed by atoms with van der Waals surface area (Å²) < 4.78 is 6.92. The maximum Gasteiger partial charge on any atom is 0.307 e. The SMILES string of the molecule is COc1ccc2c(cc(C(=O)N[C@H](CO)c3ccc(CC(=O)O)cc3Cl)n2C)c1Cl. The van der Waals surface area contributed by atoms with E-state index >= 15 is 0 Å². The molecule has 0 saturated carbocycles. The number of nitrogens with one attached hydrogen (secondary N) is 1. The summed E-state index contributed by atoms with van der Waals surface area (Å²) in [6, 6.07) is 9.13. The number of aliphatic carboxylic acids is 1. The molecule has 7 nitrogen and oxygen atoms in total. The Labute approximate surface area is 182 Å². The van der Waals surface area contributed by atoms with Crippen molar-refractivity contribution in [2.75, 3.05) is 13.7 Å². The first-order valence-corrected chi connectivity index (χ1v) is 9.76. The minimum Gasteiger partial charge on any atom is -0.495 e. The number of amides is 1. The smallest absolute Gasteiger partial charge is 0.307 e. The van der Waals surface area contributed by atoms with Crippen LogP contribution in [0.15, 0.2) is 36.4 Å². The van der Waals surface area contributed by atoms with Crippen molar-refractivity contribution < 1.29 is 24.5 Å². The van der Waals surface area contributed by atoms with Crippen molar-refractivity contribution in [1.29, 1.82) is 0 Å². The lowest BCUT2D eigenvalue weighted by atomic mass is 10.0. The van der Waals surface area contributed by atoms with Crippen LogP contribution in [0.25, 0.3) is 10.9 Å². The van der Waals surface area contributed by atoms with Crippen LogP contribution < -0.4 is 10.1 Å². The van der Waals surface area contributed by atoms with Gasteiger partial charge < -0.3 is 24.8 Å². The Morgan fingerprint density at radius 3 is 2.53 bits per heavy atom. The van der Waals surface area contributed by atoms with Crippen LogP contribution in [0.2, 0.25) is 10.0 Å². The van der Waals surface area contributed by atoms with Gasteiger partial charge in [0, 0.05) is 17.5 Å². The highest BCUT2D eigenvalue weighted by Gasteiger charge is 2.22. The number of hydrogen-bond acceptors (Lipinski definition) is 4. The molecule has 0 unspecified atom stereocenters. The molecule has 3 rings (SSSR count). The second-order valence-corrected chi connectivity index (χ2v) is 7.52. The first-order chi connectivity index (χ1) is 14.3. The summed E-state index contributed by atoms with van der Waals surface area (Å²) in [6.07, 6.45) is -0.170. The van der Waals surface area contributed by atoms with Crippen LogP contribution in [-0.4, -0.2) is 40.4 Å². The summed E-state index contributed by atoms with van der Waals surface area (Å²) in [6.45, 7) is -0.387. The number of ether oxygens (including phenoxy) is 1. The fraction of sp³-hybridized carbons (Fsp3) is 0.238. The first-order valence-electron chi connectivity index (χ1n) is 9.00. The van der Waals surface area contributed by atoms with Crippen LogP contribution in [0.5, 0.6) is 5.75 Å². The summed E-state index contributed by atoms with van der Waals surface area (Å²) in [5, 5.41) is 22.8. The number of methoxy groups -OCH3 is 1. The van der Waals surface area contributed by atoms with E-state index in [0.29, 0.717) is 33.0 Å². The monoisotopic (exact) mass is 450 g/mol. The number of carbonyl (C=O) groups excluding carboxylic acids is 1. The van der Waals surface area contributed by atoms with Gasteiger partial charge in [-0.05, 0) is 35.4 Å². The molecule has 0 saturated heterocycles. The lowest BCUT2D eigenvalue weighted by molar-refractivity contribution is -0.136. The fourth-order valence-corrected chi connectivity index (χ4v) is 3.95. The molecule has 0 radical (unpaired) electrons. The number of hydrogen-bond donors (Lipinski definition) is 3. The van der Waals surface area contributed by atoms with Crippen LogP contribution in [0.3, 0.4) is 0 Å². The molecule has 2 aromatic carbocycles. The number of halogens is 2. The summed E-state index contributed by atoms with van der Waals surface area (Å²) in [5.74, 6) is -0.895. The van der Waals surface area contributed by atoms with Crippen molar-refractivity contribution in [1.82, 2.24) is 9.88 Å². The maximum atomic E-state index is 12.9. The topological polar surface area (TPSA) is 101 Å². The molecule has 0 aliphatic rings. The second kappa shape index (κ2) is 8.95. The summed E-state index contributed by atoms with van der Waals surface area (Å²) >= 11 is 12.6. The van der Waals surface area contributed by atoms with Crippen molar-refractivity contribution in [3.05, 3.63) is 63.3 Å². The van der Waals surface area contributed by atoms with E-state index in [0.717, 1.165) is 5.52 Å². The Kier molecular flexibility index (Phi) is 6.55. The highest BCUT2D eigenvalue weighted by atomic mass is 35.5. The number of fused-ring (bicyclic) bond motifs is 1. The standard InChI is InChI=1S/C21H20Cl2N2O5/c1-25-16-5-6-18(30-2)20(23)13(16)9-17(25)21(29)24-15(10-26)12-4-3-11(7-14(12)22)8-19(27)28/h3-7,9,15,26H,8,10H2,1-2H3,(H,24,29)(H,27,28)/t15-/m1/s1. The molecule has 158 valence electrons. The quantitative estimate of drug-likeness (QED) is 0.510. The minimum atomic E-state index is -0.975. The Bertz CT molecular complexity index is 1130. The van der Waals surface area contributed by atoms with E-state index in [4.69, 9.17) is 33.0 Å². The van der Waals surface area contributed by atoms with Gasteiger partial charge in [-0.2, -0.15) is 0 Å². The number of aryl methyl sites for hydroxylation is 1. The van der Waals surface area contributed by atoms with Crippen molar-refractivity contribution in [3.8, 4) is 5.75 Å². The summed E-state index contributed by atoms with van der Waals surface area (Å²) in [5.41, 5.74) is 2.11. The highest BCUT2D eigenvalue weighted by molar-refractivity contribution is 6.37. The van der Waals surface area contributed by atoms with Gasteiger partial charge in [-0.15, -0.1) is 0 Å². The molecule has 1 atom stereocenters. The number of carboxylic acids is 1. The van der Waals surface area contributed by atoms with Crippen LogP contribution in [0.4, 0.5) is 0 Å². The number of aliphatic hydroxyl groups is 1. The van der Waals surface area contributed by atoms with E-state index in [1.807, 2.05) is 0 Å². The van der Waals surface area contributed by atoms with Crippen molar-refractivity contribution in [2.24, 2.45) is 7.05 Å². The zero-order chi connectivity index (χ0) is 22.0. The van der Waals surface area contributed by atoms with E-state index < -0.39 is 17.9 Å². The van der Waals surface area contributed by atoms with Crippen molar-refractivity contribution in [3.63, 3.8) is 0 Å². The highest BCUT2D eigenvalue weighted by Crippen LogP contribution is 2.34. The minimum absolute atomic E-state index is 0.170. The van der Waals surface area contributed by atoms with Crippen LogP contribution in [0.1, 0.15) is 27.7 Å². The van der Waals surface area contributed by atoms with E-state index in [9.17, 15) is 14.7 Å². The zero-order valence-electron chi connectivity index (χ0n) is 16.3. The maximum absolute atomic E-state index is 12.9.